The van der Waals surface area contributed by atoms with Gasteiger partial charge in [-0.1, -0.05) is 0 Å². The van der Waals surface area contributed by atoms with Gasteiger partial charge in [0.2, 0.25) is 11.9 Å². The van der Waals surface area contributed by atoms with Crippen LogP contribution >= 0.6 is 11.6 Å². The minimum absolute atomic E-state index is 0.202. The number of hydrogen-bond acceptors (Lipinski definition) is 9. The molecule has 0 radical (unpaired) electrons. The fourth-order valence-corrected chi connectivity index (χ4v) is 4.38. The maximum absolute atomic E-state index is 8.98. The molecule has 1 fully saturated rings. The highest BCUT2D eigenvalue weighted by Gasteiger charge is 2.27. The number of aliphatic imine (C=N–C) groups is 2. The van der Waals surface area contributed by atoms with Crippen molar-refractivity contribution >= 4 is 23.5 Å². The zero-order valence-corrected chi connectivity index (χ0v) is 20.2. The van der Waals surface area contributed by atoms with Crippen molar-refractivity contribution in [3.05, 3.63) is 23.6 Å². The number of alkyl halides is 1. The van der Waals surface area contributed by atoms with E-state index >= 15 is 0 Å². The first-order chi connectivity index (χ1) is 15.5. The number of nitrogens with zero attached hydrogens (tertiary/aromatic N) is 4. The van der Waals surface area contributed by atoms with Crippen molar-refractivity contribution in [2.45, 2.75) is 56.2 Å². The Morgan fingerprint density at radius 1 is 1.28 bits per heavy atom. The van der Waals surface area contributed by atoms with Gasteiger partial charge < -0.3 is 30.3 Å². The average molecular weight is 468 g/mol. The molecule has 32 heavy (non-hydrogen) atoms. The SMILES string of the molecule is COC1=CC=C(NC2=NC(N(C)C3CCN(C)CC3)=NC(NCCCCCO)N2)CC1Cl. The lowest BCUT2D eigenvalue weighted by atomic mass is 10.0. The van der Waals surface area contributed by atoms with Gasteiger partial charge in [0.05, 0.1) is 12.5 Å². The summed E-state index contributed by atoms with van der Waals surface area (Å²) in [6.45, 7) is 3.22. The van der Waals surface area contributed by atoms with E-state index in [1.807, 2.05) is 12.2 Å². The first kappa shape index (κ1) is 24.8. The van der Waals surface area contributed by atoms with E-state index in [0.29, 0.717) is 18.4 Å². The second-order valence-electron chi connectivity index (χ2n) is 8.58. The van der Waals surface area contributed by atoms with Crippen LogP contribution in [-0.2, 0) is 4.74 Å². The topological polar surface area (TPSA) is 96.8 Å². The summed E-state index contributed by atoms with van der Waals surface area (Å²) in [5.74, 6) is 2.15. The van der Waals surface area contributed by atoms with E-state index in [-0.39, 0.29) is 18.3 Å². The Kier molecular flexibility index (Phi) is 9.65. The van der Waals surface area contributed by atoms with Crippen LogP contribution in [0.2, 0.25) is 0 Å². The third-order valence-electron chi connectivity index (χ3n) is 6.12. The number of piperidine rings is 1. The molecule has 2 heterocycles. The predicted octanol–water partition coefficient (Wildman–Crippen LogP) is 1.38. The zero-order chi connectivity index (χ0) is 22.9. The van der Waals surface area contributed by atoms with Crippen LogP contribution in [0, 0.1) is 0 Å². The minimum Gasteiger partial charge on any atom is -0.500 e. The van der Waals surface area contributed by atoms with Crippen molar-refractivity contribution in [2.24, 2.45) is 9.98 Å². The standard InChI is InChI=1S/C22H38ClN7O2/c1-29-12-9-17(10-13-29)30(2)22-27-20(24-11-5-4-6-14-31)26-21(28-22)25-16-7-8-19(32-3)18(23)15-16/h7-8,17-18,20,24,31H,4-6,9-15H2,1-3H3,(H2,25,26,27,28). The third-order valence-corrected chi connectivity index (χ3v) is 6.49. The number of rotatable bonds is 9. The van der Waals surface area contributed by atoms with Gasteiger partial charge in [-0.3, -0.25) is 5.32 Å². The van der Waals surface area contributed by atoms with Gasteiger partial charge in [0.15, 0.2) is 6.29 Å². The van der Waals surface area contributed by atoms with Crippen LogP contribution in [0.1, 0.15) is 38.5 Å². The van der Waals surface area contributed by atoms with E-state index in [1.54, 1.807) is 7.11 Å². The summed E-state index contributed by atoms with van der Waals surface area (Å²) in [5.41, 5.74) is 0.974. The van der Waals surface area contributed by atoms with Gasteiger partial charge in [-0.2, -0.15) is 4.99 Å². The van der Waals surface area contributed by atoms with Gasteiger partial charge >= 0.3 is 0 Å². The first-order valence-electron chi connectivity index (χ1n) is 11.5. The summed E-state index contributed by atoms with van der Waals surface area (Å²) in [4.78, 5) is 14.2. The van der Waals surface area contributed by atoms with Crippen molar-refractivity contribution in [3.8, 4) is 0 Å². The summed E-state index contributed by atoms with van der Waals surface area (Å²) < 4.78 is 5.31. The zero-order valence-electron chi connectivity index (χ0n) is 19.5. The number of halogens is 1. The quantitative estimate of drug-likeness (QED) is 0.300. The molecule has 180 valence electrons. The number of unbranched alkanes of at least 4 members (excludes halogenated alkanes) is 2. The Bertz CT molecular complexity index is 732. The maximum Gasteiger partial charge on any atom is 0.227 e. The van der Waals surface area contributed by atoms with Crippen molar-refractivity contribution < 1.29 is 9.84 Å². The van der Waals surface area contributed by atoms with E-state index in [9.17, 15) is 0 Å². The van der Waals surface area contributed by atoms with E-state index in [1.165, 1.54) is 0 Å². The predicted molar refractivity (Wildman–Crippen MR) is 130 cm³/mol. The largest absolute Gasteiger partial charge is 0.500 e. The Balaban J connectivity index is 1.68. The van der Waals surface area contributed by atoms with Crippen LogP contribution in [0.25, 0.3) is 0 Å². The van der Waals surface area contributed by atoms with Crippen molar-refractivity contribution in [2.75, 3.05) is 47.4 Å². The number of likely N-dealkylation sites (tertiary alicyclic amines) is 1. The van der Waals surface area contributed by atoms with Gasteiger partial charge in [-0.15, -0.1) is 11.6 Å². The molecule has 0 aromatic heterocycles. The van der Waals surface area contributed by atoms with E-state index in [0.717, 1.165) is 69.2 Å². The first-order valence-corrected chi connectivity index (χ1v) is 12.0. The fourth-order valence-electron chi connectivity index (χ4n) is 4.06. The maximum atomic E-state index is 8.98. The molecule has 2 atom stereocenters. The molecule has 0 bridgehead atoms. The Morgan fingerprint density at radius 3 is 2.75 bits per heavy atom. The second kappa shape index (κ2) is 12.4. The smallest absolute Gasteiger partial charge is 0.227 e. The molecule has 1 saturated heterocycles. The summed E-state index contributed by atoms with van der Waals surface area (Å²) in [7, 11) is 5.89. The third kappa shape index (κ3) is 7.10. The summed E-state index contributed by atoms with van der Waals surface area (Å²) in [6, 6.07) is 0.423. The number of ether oxygens (including phenoxy) is 1. The number of nitrogens with one attached hydrogen (secondary N) is 3. The van der Waals surface area contributed by atoms with Gasteiger partial charge in [-0.05, 0) is 70.9 Å². The summed E-state index contributed by atoms with van der Waals surface area (Å²) >= 11 is 6.43. The van der Waals surface area contributed by atoms with Crippen LogP contribution < -0.4 is 16.0 Å². The van der Waals surface area contributed by atoms with Crippen LogP contribution in [-0.4, -0.2) is 92.0 Å². The highest BCUT2D eigenvalue weighted by Crippen LogP contribution is 2.23. The monoisotopic (exact) mass is 467 g/mol. The lowest BCUT2D eigenvalue weighted by Crippen LogP contribution is -2.55. The molecule has 0 aromatic carbocycles. The molecule has 0 saturated carbocycles. The molecule has 2 unspecified atom stereocenters. The molecule has 0 amide bonds. The number of allylic oxidation sites excluding steroid dienone is 4. The summed E-state index contributed by atoms with van der Waals surface area (Å²) in [6.07, 6.45) is 9.23. The molecule has 3 aliphatic rings. The van der Waals surface area contributed by atoms with Gasteiger partial charge in [-0.25, -0.2) is 4.99 Å². The van der Waals surface area contributed by atoms with Crippen LogP contribution in [0.3, 0.4) is 0 Å². The van der Waals surface area contributed by atoms with Gasteiger partial charge in [0.1, 0.15) is 5.76 Å². The minimum atomic E-state index is -0.270. The van der Waals surface area contributed by atoms with Crippen molar-refractivity contribution in [1.82, 2.24) is 25.8 Å². The highest BCUT2D eigenvalue weighted by atomic mass is 35.5. The number of guanidine groups is 2. The molecule has 0 aromatic rings. The molecule has 4 N–H and O–H groups in total. The molecular formula is C22H38ClN7O2. The highest BCUT2D eigenvalue weighted by molar-refractivity contribution is 6.22. The van der Waals surface area contributed by atoms with Gasteiger partial charge in [0, 0.05) is 31.8 Å². The average Bonchev–Trinajstić information content (AvgIpc) is 2.79. The number of aliphatic hydroxyl groups excluding tert-OH is 1. The number of methoxy groups -OCH3 is 1. The van der Waals surface area contributed by atoms with E-state index < -0.39 is 0 Å². The summed E-state index contributed by atoms with van der Waals surface area (Å²) in [5, 5.41) is 19.0. The van der Waals surface area contributed by atoms with Crippen molar-refractivity contribution in [1.29, 1.82) is 0 Å². The van der Waals surface area contributed by atoms with Crippen LogP contribution in [0.4, 0.5) is 0 Å². The lowest BCUT2D eigenvalue weighted by molar-refractivity contribution is 0.190. The van der Waals surface area contributed by atoms with Gasteiger partial charge in [0.25, 0.3) is 0 Å². The normalized spacial score (nSPS) is 24.7. The molecular weight excluding hydrogens is 430 g/mol. The Morgan fingerprint density at radius 2 is 2.06 bits per heavy atom. The molecule has 3 rings (SSSR count). The lowest BCUT2D eigenvalue weighted by Gasteiger charge is -2.37. The van der Waals surface area contributed by atoms with Crippen molar-refractivity contribution in [3.63, 3.8) is 0 Å². The Labute approximate surface area is 196 Å². The van der Waals surface area contributed by atoms with Crippen LogP contribution in [0.5, 0.6) is 0 Å². The molecule has 9 nitrogen and oxygen atoms in total. The van der Waals surface area contributed by atoms with E-state index in [2.05, 4.69) is 39.8 Å². The molecule has 10 heteroatoms. The molecule has 1 aliphatic carbocycles. The number of hydrogen-bond donors (Lipinski definition) is 4. The van der Waals surface area contributed by atoms with E-state index in [4.69, 9.17) is 31.4 Å². The van der Waals surface area contributed by atoms with Crippen LogP contribution in [0.15, 0.2) is 33.6 Å². The molecule has 2 aliphatic heterocycles. The second-order valence-corrected chi connectivity index (χ2v) is 9.11. The number of aliphatic hydroxyl groups is 1. The fraction of sp³-hybridized carbons (Fsp3) is 0.727. The molecule has 0 spiro atoms. The Hall–Kier alpha value is -1.81.